The molecule has 2 rings (SSSR count). The normalized spacial score (nSPS) is 30.2. The van der Waals surface area contributed by atoms with Crippen LogP contribution in [0.25, 0.3) is 0 Å². The van der Waals surface area contributed by atoms with Crippen molar-refractivity contribution in [3.05, 3.63) is 33.5 Å². The number of rotatable bonds is 1. The van der Waals surface area contributed by atoms with Gasteiger partial charge in [-0.2, -0.15) is 13.2 Å². The summed E-state index contributed by atoms with van der Waals surface area (Å²) in [7, 11) is 0. The molecule has 1 heterocycles. The van der Waals surface area contributed by atoms with E-state index >= 15 is 0 Å². The van der Waals surface area contributed by atoms with Gasteiger partial charge in [0, 0.05) is 16.9 Å². The number of ether oxygens (including phenoxy) is 1. The molecular formula is C12H9Cl2F3O3. The molecule has 110 valence electrons. The van der Waals surface area contributed by atoms with Gasteiger partial charge in [0.05, 0.1) is 10.6 Å². The van der Waals surface area contributed by atoms with Gasteiger partial charge in [-0.3, -0.25) is 0 Å². The molecule has 0 aromatic carbocycles. The number of allylic oxidation sites excluding steroid dienone is 4. The highest BCUT2D eigenvalue weighted by atomic mass is 35.5. The summed E-state index contributed by atoms with van der Waals surface area (Å²) in [6.07, 6.45) is -5.04. The molecule has 8 heteroatoms. The van der Waals surface area contributed by atoms with Gasteiger partial charge in [-0.05, 0) is 6.08 Å². The van der Waals surface area contributed by atoms with Crippen LogP contribution in [0.3, 0.4) is 0 Å². The van der Waals surface area contributed by atoms with Crippen molar-refractivity contribution in [2.45, 2.75) is 19.2 Å². The van der Waals surface area contributed by atoms with Gasteiger partial charge < -0.3 is 9.84 Å². The lowest BCUT2D eigenvalue weighted by Gasteiger charge is -2.36. The molecule has 2 unspecified atom stereocenters. The Bertz CT molecular complexity index is 549. The molecule has 0 aromatic heterocycles. The molecule has 1 N–H and O–H groups in total. The first-order chi connectivity index (χ1) is 9.12. The van der Waals surface area contributed by atoms with Crippen LogP contribution in [0.1, 0.15) is 6.92 Å². The molecule has 0 radical (unpaired) electrons. The molecule has 0 saturated carbocycles. The van der Waals surface area contributed by atoms with Gasteiger partial charge in [0.25, 0.3) is 0 Å². The lowest BCUT2D eigenvalue weighted by atomic mass is 9.83. The Morgan fingerprint density at radius 3 is 2.50 bits per heavy atom. The first-order valence-corrected chi connectivity index (χ1v) is 6.33. The Balaban J connectivity index is 2.55. The highest BCUT2D eigenvalue weighted by Gasteiger charge is 2.51. The van der Waals surface area contributed by atoms with E-state index in [0.717, 1.165) is 6.08 Å². The van der Waals surface area contributed by atoms with Crippen molar-refractivity contribution in [2.24, 2.45) is 11.8 Å². The van der Waals surface area contributed by atoms with Crippen molar-refractivity contribution in [2.75, 3.05) is 0 Å². The number of hydrogen-bond acceptors (Lipinski definition) is 2. The van der Waals surface area contributed by atoms with Crippen LogP contribution in [0.2, 0.25) is 0 Å². The number of alkyl halides is 3. The number of halogens is 5. The SMILES string of the molecule is CC1C(Cl)=CC(Cl)=C2O[C@H](C(F)(F)F)C(C(=O)O)=CC21. The molecule has 0 fully saturated rings. The summed E-state index contributed by atoms with van der Waals surface area (Å²) in [4.78, 5) is 11.0. The van der Waals surface area contributed by atoms with Crippen molar-refractivity contribution < 1.29 is 27.8 Å². The van der Waals surface area contributed by atoms with Crippen LogP contribution in [-0.2, 0) is 9.53 Å². The number of carboxylic acids is 1. The third-order valence-electron chi connectivity index (χ3n) is 3.21. The third kappa shape index (κ3) is 2.54. The monoisotopic (exact) mass is 328 g/mol. The molecule has 3 atom stereocenters. The van der Waals surface area contributed by atoms with Gasteiger partial charge in [0.1, 0.15) is 5.76 Å². The fourth-order valence-electron chi connectivity index (χ4n) is 2.13. The van der Waals surface area contributed by atoms with E-state index in [1.165, 1.54) is 6.08 Å². The van der Waals surface area contributed by atoms with Gasteiger partial charge in [0.2, 0.25) is 6.10 Å². The van der Waals surface area contributed by atoms with Crippen LogP contribution in [-0.4, -0.2) is 23.4 Å². The fraction of sp³-hybridized carbons (Fsp3) is 0.417. The molecule has 1 aliphatic carbocycles. The minimum absolute atomic E-state index is 0.0481. The largest absolute Gasteiger partial charge is 0.478 e. The average Bonchev–Trinajstić information content (AvgIpc) is 2.33. The van der Waals surface area contributed by atoms with E-state index < -0.39 is 35.7 Å². The second kappa shape index (κ2) is 5.00. The molecule has 0 saturated heterocycles. The molecule has 1 aliphatic heterocycles. The van der Waals surface area contributed by atoms with E-state index in [2.05, 4.69) is 0 Å². The summed E-state index contributed by atoms with van der Waals surface area (Å²) in [6.45, 7) is 1.65. The summed E-state index contributed by atoms with van der Waals surface area (Å²) >= 11 is 11.8. The molecule has 0 aromatic rings. The van der Waals surface area contributed by atoms with Crippen LogP contribution in [0.5, 0.6) is 0 Å². The number of hydrogen-bond donors (Lipinski definition) is 1. The van der Waals surface area contributed by atoms with Crippen molar-refractivity contribution in [1.82, 2.24) is 0 Å². The van der Waals surface area contributed by atoms with Crippen LogP contribution < -0.4 is 0 Å². The zero-order valence-corrected chi connectivity index (χ0v) is 11.6. The van der Waals surface area contributed by atoms with E-state index in [9.17, 15) is 18.0 Å². The maximum atomic E-state index is 12.9. The Hall–Kier alpha value is -1.14. The van der Waals surface area contributed by atoms with Crippen molar-refractivity contribution in [3.8, 4) is 0 Å². The van der Waals surface area contributed by atoms with Gasteiger partial charge in [-0.1, -0.05) is 36.2 Å². The maximum Gasteiger partial charge on any atom is 0.429 e. The van der Waals surface area contributed by atoms with Crippen LogP contribution in [0.4, 0.5) is 13.2 Å². The molecule has 0 amide bonds. The summed E-state index contributed by atoms with van der Waals surface area (Å²) < 4.78 is 43.5. The minimum Gasteiger partial charge on any atom is -0.478 e. The Morgan fingerprint density at radius 2 is 2.00 bits per heavy atom. The summed E-state index contributed by atoms with van der Waals surface area (Å²) in [5.74, 6) is -2.90. The summed E-state index contributed by atoms with van der Waals surface area (Å²) in [6, 6.07) is 0. The molecular weight excluding hydrogens is 320 g/mol. The third-order valence-corrected chi connectivity index (χ3v) is 3.96. The first-order valence-electron chi connectivity index (χ1n) is 5.58. The highest BCUT2D eigenvalue weighted by molar-refractivity contribution is 6.35. The minimum atomic E-state index is -4.84. The summed E-state index contributed by atoms with van der Waals surface area (Å²) in [5, 5.41) is 9.22. The van der Waals surface area contributed by atoms with Crippen molar-refractivity contribution >= 4 is 29.2 Å². The Morgan fingerprint density at radius 1 is 1.40 bits per heavy atom. The van der Waals surface area contributed by atoms with Crippen LogP contribution in [0, 0.1) is 11.8 Å². The van der Waals surface area contributed by atoms with Gasteiger partial charge in [0.15, 0.2) is 0 Å². The Labute approximate surface area is 122 Å². The summed E-state index contributed by atoms with van der Waals surface area (Å²) in [5.41, 5.74) is -0.853. The zero-order chi connectivity index (χ0) is 15.2. The number of fused-ring (bicyclic) bond motifs is 1. The lowest BCUT2D eigenvalue weighted by molar-refractivity contribution is -0.204. The molecule has 0 bridgehead atoms. The number of carbonyl (C=O) groups is 1. The maximum absolute atomic E-state index is 12.9. The topological polar surface area (TPSA) is 46.5 Å². The molecule has 3 nitrogen and oxygen atoms in total. The average molecular weight is 329 g/mol. The van der Waals surface area contributed by atoms with E-state index in [-0.39, 0.29) is 10.8 Å². The van der Waals surface area contributed by atoms with Gasteiger partial charge in [-0.15, -0.1) is 0 Å². The lowest BCUT2D eigenvalue weighted by Crippen LogP contribution is -2.41. The van der Waals surface area contributed by atoms with Gasteiger partial charge in [-0.25, -0.2) is 4.79 Å². The van der Waals surface area contributed by atoms with Crippen molar-refractivity contribution in [3.63, 3.8) is 0 Å². The first kappa shape index (κ1) is 15.3. The molecule has 0 spiro atoms. The van der Waals surface area contributed by atoms with E-state index in [4.69, 9.17) is 33.0 Å². The van der Waals surface area contributed by atoms with E-state index in [0.29, 0.717) is 5.03 Å². The molecule has 20 heavy (non-hydrogen) atoms. The van der Waals surface area contributed by atoms with Crippen molar-refractivity contribution in [1.29, 1.82) is 0 Å². The van der Waals surface area contributed by atoms with Gasteiger partial charge >= 0.3 is 12.1 Å². The fourth-order valence-corrected chi connectivity index (χ4v) is 2.72. The van der Waals surface area contributed by atoms with Crippen LogP contribution in [0.15, 0.2) is 33.5 Å². The predicted octanol–water partition coefficient (Wildman–Crippen LogP) is 3.80. The zero-order valence-electron chi connectivity index (χ0n) is 10.0. The number of carboxylic acid groups (broad SMARTS) is 1. The second-order valence-electron chi connectivity index (χ2n) is 4.52. The standard InChI is InChI=1S/C12H9Cl2F3O3/c1-4-5-2-6(11(18)19)10(12(15,16)17)20-9(5)8(14)3-7(4)13/h2-5,10H,1H3,(H,18,19)/t4?,5?,10-/m0/s1. The van der Waals surface area contributed by atoms with Crippen LogP contribution >= 0.6 is 23.2 Å². The second-order valence-corrected chi connectivity index (χ2v) is 5.37. The molecule has 2 aliphatic rings. The predicted molar refractivity (Wildman–Crippen MR) is 66.1 cm³/mol. The highest BCUT2D eigenvalue weighted by Crippen LogP contribution is 2.45. The quantitative estimate of drug-likeness (QED) is 0.796. The smallest absolute Gasteiger partial charge is 0.429 e. The van der Waals surface area contributed by atoms with E-state index in [1.54, 1.807) is 6.92 Å². The number of aliphatic carboxylic acids is 1. The Kier molecular flexibility index (Phi) is 3.81. The van der Waals surface area contributed by atoms with E-state index in [1.807, 2.05) is 0 Å².